The monoisotopic (exact) mass is 257 g/mol. The highest BCUT2D eigenvalue weighted by Crippen LogP contribution is 2.08. The van der Waals surface area contributed by atoms with Gasteiger partial charge >= 0.3 is 5.97 Å². The number of carbonyl (C=O) groups excluding carboxylic acids is 1. The molecule has 0 heterocycles. The second-order valence-electron chi connectivity index (χ2n) is 3.90. The quantitative estimate of drug-likeness (QED) is 0.602. The maximum absolute atomic E-state index is 12.9. The summed E-state index contributed by atoms with van der Waals surface area (Å²) in [6, 6.07) is 3.74. The Labute approximate surface area is 105 Å². The van der Waals surface area contributed by atoms with Crippen LogP contribution in [0, 0.1) is 11.6 Å². The second-order valence-corrected chi connectivity index (χ2v) is 3.90. The van der Waals surface area contributed by atoms with Gasteiger partial charge < -0.3 is 10.1 Å². The largest absolute Gasteiger partial charge is 0.464 e. The van der Waals surface area contributed by atoms with Gasteiger partial charge in [0.2, 0.25) is 0 Å². The lowest BCUT2D eigenvalue weighted by molar-refractivity contribution is -0.143. The molecule has 0 aliphatic rings. The van der Waals surface area contributed by atoms with Crippen molar-refractivity contribution in [3.05, 3.63) is 35.4 Å². The fourth-order valence-corrected chi connectivity index (χ4v) is 1.40. The second kappa shape index (κ2) is 7.76. The molecule has 5 heteroatoms. The fourth-order valence-electron chi connectivity index (χ4n) is 1.40. The van der Waals surface area contributed by atoms with E-state index in [1.807, 2.05) is 6.92 Å². The van der Waals surface area contributed by atoms with Crippen LogP contribution in [0.15, 0.2) is 18.2 Å². The van der Waals surface area contributed by atoms with Crippen LogP contribution in [0.5, 0.6) is 0 Å². The SMILES string of the molecule is CCCC(=O)OCCNCc1ccc(F)c(F)c1. The summed E-state index contributed by atoms with van der Waals surface area (Å²) in [7, 11) is 0. The first-order chi connectivity index (χ1) is 8.63. The molecule has 0 fully saturated rings. The summed E-state index contributed by atoms with van der Waals surface area (Å²) < 4.78 is 30.5. The van der Waals surface area contributed by atoms with Crippen LogP contribution in [0.1, 0.15) is 25.3 Å². The zero-order chi connectivity index (χ0) is 13.4. The Balaban J connectivity index is 2.18. The van der Waals surface area contributed by atoms with Gasteiger partial charge in [0.15, 0.2) is 11.6 Å². The van der Waals surface area contributed by atoms with Crippen LogP contribution in [-0.4, -0.2) is 19.1 Å². The summed E-state index contributed by atoms with van der Waals surface area (Å²) in [4.78, 5) is 11.0. The van der Waals surface area contributed by atoms with Crippen molar-refractivity contribution in [2.45, 2.75) is 26.3 Å². The van der Waals surface area contributed by atoms with Gasteiger partial charge in [-0.05, 0) is 24.1 Å². The number of hydrogen-bond acceptors (Lipinski definition) is 3. The predicted molar refractivity (Wildman–Crippen MR) is 63.9 cm³/mol. The lowest BCUT2D eigenvalue weighted by Gasteiger charge is -2.06. The minimum atomic E-state index is -0.858. The van der Waals surface area contributed by atoms with E-state index in [0.717, 1.165) is 18.6 Å². The molecule has 0 atom stereocenters. The Bertz CT molecular complexity index is 397. The van der Waals surface area contributed by atoms with Gasteiger partial charge in [-0.2, -0.15) is 0 Å². The lowest BCUT2D eigenvalue weighted by Crippen LogP contribution is -2.21. The molecule has 1 rings (SSSR count). The zero-order valence-electron chi connectivity index (χ0n) is 10.3. The molecule has 0 saturated heterocycles. The average molecular weight is 257 g/mol. The molecule has 0 bridgehead atoms. The molecule has 1 aromatic carbocycles. The molecular formula is C13H17F2NO2. The Hall–Kier alpha value is -1.49. The lowest BCUT2D eigenvalue weighted by atomic mass is 10.2. The van der Waals surface area contributed by atoms with Gasteiger partial charge in [-0.25, -0.2) is 8.78 Å². The molecule has 1 N–H and O–H groups in total. The van der Waals surface area contributed by atoms with Crippen LogP contribution in [0.25, 0.3) is 0 Å². The van der Waals surface area contributed by atoms with Crippen molar-refractivity contribution in [1.82, 2.24) is 5.32 Å². The third-order valence-corrected chi connectivity index (χ3v) is 2.31. The smallest absolute Gasteiger partial charge is 0.305 e. The topological polar surface area (TPSA) is 38.3 Å². The Morgan fingerprint density at radius 3 is 2.78 bits per heavy atom. The summed E-state index contributed by atoms with van der Waals surface area (Å²) in [5.41, 5.74) is 0.647. The molecule has 0 spiro atoms. The number of nitrogens with one attached hydrogen (secondary N) is 1. The Morgan fingerprint density at radius 1 is 1.33 bits per heavy atom. The number of carbonyl (C=O) groups is 1. The maximum atomic E-state index is 12.9. The molecular weight excluding hydrogens is 240 g/mol. The van der Waals surface area contributed by atoms with Crippen LogP contribution in [0.2, 0.25) is 0 Å². The van der Waals surface area contributed by atoms with Gasteiger partial charge in [0.25, 0.3) is 0 Å². The van der Waals surface area contributed by atoms with E-state index >= 15 is 0 Å². The van der Waals surface area contributed by atoms with E-state index in [0.29, 0.717) is 25.1 Å². The average Bonchev–Trinajstić information content (AvgIpc) is 2.33. The van der Waals surface area contributed by atoms with Crippen molar-refractivity contribution in [1.29, 1.82) is 0 Å². The highest BCUT2D eigenvalue weighted by molar-refractivity contribution is 5.69. The van der Waals surface area contributed by atoms with E-state index in [-0.39, 0.29) is 12.6 Å². The van der Waals surface area contributed by atoms with Crippen molar-refractivity contribution in [2.75, 3.05) is 13.2 Å². The maximum Gasteiger partial charge on any atom is 0.305 e. The molecule has 18 heavy (non-hydrogen) atoms. The van der Waals surface area contributed by atoms with Crippen molar-refractivity contribution in [3.8, 4) is 0 Å². The standard InChI is InChI=1S/C13H17F2NO2/c1-2-3-13(17)18-7-6-16-9-10-4-5-11(14)12(15)8-10/h4-5,8,16H,2-3,6-7,9H2,1H3. The van der Waals surface area contributed by atoms with E-state index in [1.54, 1.807) is 0 Å². The molecule has 0 radical (unpaired) electrons. The minimum absolute atomic E-state index is 0.216. The molecule has 0 unspecified atom stereocenters. The predicted octanol–water partition coefficient (Wildman–Crippen LogP) is 2.40. The first kappa shape index (κ1) is 14.6. The van der Waals surface area contributed by atoms with Gasteiger partial charge in [-0.3, -0.25) is 4.79 Å². The summed E-state index contributed by atoms with van der Waals surface area (Å²) in [6.45, 7) is 3.07. The highest BCUT2D eigenvalue weighted by Gasteiger charge is 2.02. The van der Waals surface area contributed by atoms with E-state index in [4.69, 9.17) is 4.74 Å². The summed E-state index contributed by atoms with van der Waals surface area (Å²) >= 11 is 0. The van der Waals surface area contributed by atoms with E-state index in [2.05, 4.69) is 5.32 Å². The van der Waals surface area contributed by atoms with Gasteiger partial charge in [-0.1, -0.05) is 13.0 Å². The normalized spacial score (nSPS) is 10.4. The van der Waals surface area contributed by atoms with Crippen LogP contribution < -0.4 is 5.32 Å². The third kappa shape index (κ3) is 5.23. The van der Waals surface area contributed by atoms with Crippen LogP contribution in [0.3, 0.4) is 0 Å². The molecule has 0 amide bonds. The van der Waals surface area contributed by atoms with Crippen molar-refractivity contribution in [3.63, 3.8) is 0 Å². The third-order valence-electron chi connectivity index (χ3n) is 2.31. The van der Waals surface area contributed by atoms with Gasteiger partial charge in [0, 0.05) is 19.5 Å². The number of esters is 1. The summed E-state index contributed by atoms with van der Waals surface area (Å²) in [5.74, 6) is -1.93. The molecule has 1 aromatic rings. The molecule has 0 aliphatic heterocycles. The van der Waals surface area contributed by atoms with Gasteiger partial charge in [0.05, 0.1) is 0 Å². The summed E-state index contributed by atoms with van der Waals surface area (Å²) in [6.07, 6.45) is 1.18. The van der Waals surface area contributed by atoms with Crippen molar-refractivity contribution < 1.29 is 18.3 Å². The number of halogens is 2. The van der Waals surface area contributed by atoms with Crippen LogP contribution in [-0.2, 0) is 16.1 Å². The van der Waals surface area contributed by atoms with Gasteiger partial charge in [-0.15, -0.1) is 0 Å². The van der Waals surface area contributed by atoms with Crippen molar-refractivity contribution in [2.24, 2.45) is 0 Å². The van der Waals surface area contributed by atoms with Crippen LogP contribution >= 0.6 is 0 Å². The zero-order valence-corrected chi connectivity index (χ0v) is 10.3. The van der Waals surface area contributed by atoms with E-state index < -0.39 is 11.6 Å². The van der Waals surface area contributed by atoms with E-state index in [1.165, 1.54) is 6.07 Å². The highest BCUT2D eigenvalue weighted by atomic mass is 19.2. The fraction of sp³-hybridized carbons (Fsp3) is 0.462. The first-order valence-electron chi connectivity index (χ1n) is 5.93. The minimum Gasteiger partial charge on any atom is -0.464 e. The summed E-state index contributed by atoms with van der Waals surface area (Å²) in [5, 5.41) is 2.98. The molecule has 0 saturated carbocycles. The Kier molecular flexibility index (Phi) is 6.28. The van der Waals surface area contributed by atoms with Gasteiger partial charge in [0.1, 0.15) is 6.61 Å². The number of benzene rings is 1. The molecule has 0 aliphatic carbocycles. The molecule has 3 nitrogen and oxygen atoms in total. The number of rotatable bonds is 7. The van der Waals surface area contributed by atoms with E-state index in [9.17, 15) is 13.6 Å². The molecule has 100 valence electrons. The number of hydrogen-bond donors (Lipinski definition) is 1. The van der Waals surface area contributed by atoms with Crippen molar-refractivity contribution >= 4 is 5.97 Å². The Morgan fingerprint density at radius 2 is 2.11 bits per heavy atom. The number of ether oxygens (including phenoxy) is 1. The molecule has 0 aromatic heterocycles. The first-order valence-corrected chi connectivity index (χ1v) is 5.93. The van der Waals surface area contributed by atoms with Crippen LogP contribution in [0.4, 0.5) is 8.78 Å².